The fourth-order valence-corrected chi connectivity index (χ4v) is 0.759. The molecule has 1 rings (SSSR count). The van der Waals surface area contributed by atoms with Crippen LogP contribution in [0.1, 0.15) is 0 Å². The van der Waals surface area contributed by atoms with Crippen LogP contribution in [0.2, 0.25) is 0 Å². The van der Waals surface area contributed by atoms with Crippen molar-refractivity contribution in [1.29, 1.82) is 0 Å². The summed E-state index contributed by atoms with van der Waals surface area (Å²) < 4.78 is 0. The largest absolute Gasteiger partial charge is 0.300 e. The third-order valence-corrected chi connectivity index (χ3v) is 1.18. The highest BCUT2D eigenvalue weighted by molar-refractivity contribution is 7.80. The van der Waals surface area contributed by atoms with Crippen LogP contribution in [0.15, 0.2) is 0 Å². The Bertz CT molecular complexity index is 73.8. The van der Waals surface area contributed by atoms with Crippen LogP contribution in [0.5, 0.6) is 0 Å². The Morgan fingerprint density at radius 2 is 1.86 bits per heavy atom. The number of hydrogen-bond acceptors (Lipinski definition) is 3. The van der Waals surface area contributed by atoms with Gasteiger partial charge in [-0.25, -0.2) is 0 Å². The smallest absolute Gasteiger partial charge is 0.0459 e. The summed E-state index contributed by atoms with van der Waals surface area (Å²) in [5.74, 6) is 0. The van der Waals surface area contributed by atoms with Crippen LogP contribution < -0.4 is 10.6 Å². The van der Waals surface area contributed by atoms with Crippen LogP contribution in [0, 0.1) is 0 Å². The maximum Gasteiger partial charge on any atom is 0.0459 e. The Morgan fingerprint density at radius 3 is 2.14 bits per heavy atom. The highest BCUT2D eigenvalue weighted by Gasteiger charge is 1.99. The Morgan fingerprint density at radius 1 is 1.29 bits per heavy atom. The van der Waals surface area contributed by atoms with E-state index in [9.17, 15) is 0 Å². The summed E-state index contributed by atoms with van der Waals surface area (Å²) in [6, 6.07) is 0. The lowest BCUT2D eigenvalue weighted by Crippen LogP contribution is -2.43. The van der Waals surface area contributed by atoms with Crippen LogP contribution in [-0.2, 0) is 0 Å². The quantitative estimate of drug-likeness (QED) is 0.417. The molecule has 2 nitrogen and oxygen atoms in total. The van der Waals surface area contributed by atoms with Crippen molar-refractivity contribution in [2.24, 2.45) is 0 Å². The fraction of sp³-hybridized carbons (Fsp3) is 0.750. The maximum atomic E-state index is 4.88. The zero-order valence-electron chi connectivity index (χ0n) is 4.03. The second-order valence-corrected chi connectivity index (χ2v) is 2.15. The van der Waals surface area contributed by atoms with E-state index < -0.39 is 0 Å². The summed E-state index contributed by atoms with van der Waals surface area (Å²) in [6.07, 6.45) is 0. The molecule has 0 saturated carbocycles. The average Bonchev–Trinajstić information content (AvgIpc) is 1.69. The van der Waals surface area contributed by atoms with Gasteiger partial charge in [0.2, 0.25) is 0 Å². The van der Waals surface area contributed by atoms with E-state index in [-0.39, 0.29) is 0 Å². The van der Waals surface area contributed by atoms with Gasteiger partial charge in [-0.1, -0.05) is 12.2 Å². The molecular formula is C4H8N2S. The topological polar surface area (TPSA) is 24.1 Å². The molecule has 0 bridgehead atoms. The van der Waals surface area contributed by atoms with Crippen LogP contribution in [0.25, 0.3) is 0 Å². The first-order valence-electron chi connectivity index (χ1n) is 2.33. The predicted molar refractivity (Wildman–Crippen MR) is 33.5 cm³/mol. The van der Waals surface area contributed by atoms with Gasteiger partial charge in [-0.15, -0.1) is 0 Å². The van der Waals surface area contributed by atoms with Gasteiger partial charge in [0, 0.05) is 24.6 Å². The molecule has 7 heavy (non-hydrogen) atoms. The third kappa shape index (κ3) is 1.51. The van der Waals surface area contributed by atoms with Crippen molar-refractivity contribution in [3.63, 3.8) is 0 Å². The van der Waals surface area contributed by atoms with Gasteiger partial charge in [0.1, 0.15) is 0 Å². The molecule has 0 atom stereocenters. The van der Waals surface area contributed by atoms with Crippen molar-refractivity contribution in [2.75, 3.05) is 19.8 Å². The Hall–Kier alpha value is 0.0100. The first-order valence-corrected chi connectivity index (χ1v) is 2.73. The van der Waals surface area contributed by atoms with E-state index >= 15 is 0 Å². The minimum Gasteiger partial charge on any atom is -0.300 e. The Kier molecular flexibility index (Phi) is 1.73. The molecule has 0 amide bonds. The monoisotopic (exact) mass is 116 g/mol. The standard InChI is InChI=1S/C4H8N2S/c7-4-1-5-3-6-2-4/h5-6H,1-3H2. The first-order chi connectivity index (χ1) is 3.39. The molecule has 0 spiro atoms. The molecule has 2 N–H and O–H groups in total. The number of thiocarbonyl (C=S) groups is 1. The van der Waals surface area contributed by atoms with Gasteiger partial charge in [0.15, 0.2) is 0 Å². The van der Waals surface area contributed by atoms with Crippen LogP contribution >= 0.6 is 12.2 Å². The maximum absolute atomic E-state index is 4.88. The minimum atomic E-state index is 0.903. The Labute approximate surface area is 48.3 Å². The first kappa shape index (κ1) is 5.15. The summed E-state index contributed by atoms with van der Waals surface area (Å²) in [4.78, 5) is 1.08. The third-order valence-electron chi connectivity index (χ3n) is 0.894. The van der Waals surface area contributed by atoms with Gasteiger partial charge < -0.3 is 0 Å². The molecule has 1 aliphatic heterocycles. The molecule has 0 unspecified atom stereocenters. The highest BCUT2D eigenvalue weighted by atomic mass is 32.1. The summed E-state index contributed by atoms with van der Waals surface area (Å²) in [5, 5.41) is 6.16. The SMILES string of the molecule is S=C1CNCNC1. The van der Waals surface area contributed by atoms with Gasteiger partial charge in [0.05, 0.1) is 0 Å². The lowest BCUT2D eigenvalue weighted by molar-refractivity contribution is 0.630. The van der Waals surface area contributed by atoms with E-state index in [2.05, 4.69) is 10.6 Å². The van der Waals surface area contributed by atoms with E-state index in [0.29, 0.717) is 0 Å². The van der Waals surface area contributed by atoms with Crippen LogP contribution in [0.3, 0.4) is 0 Å². The summed E-state index contributed by atoms with van der Waals surface area (Å²) >= 11 is 4.88. The van der Waals surface area contributed by atoms with Crippen molar-refractivity contribution < 1.29 is 0 Å². The number of nitrogens with one attached hydrogen (secondary N) is 2. The number of rotatable bonds is 0. The highest BCUT2D eigenvalue weighted by Crippen LogP contribution is 1.76. The Balaban J connectivity index is 2.25. The van der Waals surface area contributed by atoms with Crippen LogP contribution in [-0.4, -0.2) is 24.6 Å². The molecule has 0 radical (unpaired) electrons. The molecule has 0 aromatic heterocycles. The minimum absolute atomic E-state index is 0.903. The molecule has 1 aliphatic rings. The second kappa shape index (κ2) is 2.35. The van der Waals surface area contributed by atoms with Crippen molar-refractivity contribution in [3.8, 4) is 0 Å². The van der Waals surface area contributed by atoms with Crippen molar-refractivity contribution >= 4 is 17.1 Å². The second-order valence-electron chi connectivity index (χ2n) is 1.57. The molecular weight excluding hydrogens is 108 g/mol. The van der Waals surface area contributed by atoms with Gasteiger partial charge in [-0.2, -0.15) is 0 Å². The molecule has 3 heteroatoms. The normalized spacial score (nSPS) is 22.6. The average molecular weight is 116 g/mol. The van der Waals surface area contributed by atoms with E-state index in [1.807, 2.05) is 0 Å². The van der Waals surface area contributed by atoms with E-state index in [1.165, 1.54) is 0 Å². The molecule has 1 heterocycles. The zero-order chi connectivity index (χ0) is 5.11. The molecule has 0 aliphatic carbocycles. The fourth-order valence-electron chi connectivity index (χ4n) is 0.555. The van der Waals surface area contributed by atoms with Crippen molar-refractivity contribution in [2.45, 2.75) is 0 Å². The zero-order valence-corrected chi connectivity index (χ0v) is 4.85. The molecule has 0 aromatic carbocycles. The lowest BCUT2D eigenvalue weighted by Gasteiger charge is -2.13. The molecule has 1 saturated heterocycles. The van der Waals surface area contributed by atoms with Gasteiger partial charge in [0.25, 0.3) is 0 Å². The van der Waals surface area contributed by atoms with Crippen molar-refractivity contribution in [3.05, 3.63) is 0 Å². The van der Waals surface area contributed by atoms with Gasteiger partial charge in [-0.3, -0.25) is 10.6 Å². The van der Waals surface area contributed by atoms with Crippen molar-refractivity contribution in [1.82, 2.24) is 10.6 Å². The summed E-state index contributed by atoms with van der Waals surface area (Å²) in [7, 11) is 0. The predicted octanol–water partition coefficient (Wildman–Crippen LogP) is -0.493. The van der Waals surface area contributed by atoms with Gasteiger partial charge >= 0.3 is 0 Å². The lowest BCUT2D eigenvalue weighted by atomic mass is 10.4. The molecule has 40 valence electrons. The summed E-state index contributed by atoms with van der Waals surface area (Å²) in [5.41, 5.74) is 0. The number of hydrogen-bond donors (Lipinski definition) is 2. The van der Waals surface area contributed by atoms with E-state index in [4.69, 9.17) is 12.2 Å². The summed E-state index contributed by atoms with van der Waals surface area (Å²) in [6.45, 7) is 2.71. The molecule has 1 fully saturated rings. The molecule has 0 aromatic rings. The van der Waals surface area contributed by atoms with E-state index in [1.54, 1.807) is 0 Å². The van der Waals surface area contributed by atoms with Gasteiger partial charge in [-0.05, 0) is 0 Å². The van der Waals surface area contributed by atoms with Crippen LogP contribution in [0.4, 0.5) is 0 Å². The van der Waals surface area contributed by atoms with E-state index in [0.717, 1.165) is 24.6 Å².